The number of anilines is 2. The maximum atomic E-state index is 12.8. The smallest absolute Gasteiger partial charge is 0.337 e. The highest BCUT2D eigenvalue weighted by atomic mass is 16.5. The Labute approximate surface area is 216 Å². The third kappa shape index (κ3) is 6.09. The molecule has 3 aromatic carbocycles. The summed E-state index contributed by atoms with van der Waals surface area (Å²) in [7, 11) is 1.31. The van der Waals surface area contributed by atoms with Gasteiger partial charge < -0.3 is 24.6 Å². The van der Waals surface area contributed by atoms with Crippen molar-refractivity contribution in [3.63, 3.8) is 0 Å². The van der Waals surface area contributed by atoms with Gasteiger partial charge in [0.15, 0.2) is 6.61 Å². The maximum Gasteiger partial charge on any atom is 0.337 e. The quantitative estimate of drug-likeness (QED) is 0.491. The molecule has 1 aliphatic heterocycles. The molecule has 0 aliphatic carbocycles. The molecule has 37 heavy (non-hydrogen) atoms. The zero-order chi connectivity index (χ0) is 26.4. The van der Waals surface area contributed by atoms with Gasteiger partial charge in [-0.05, 0) is 61.4 Å². The molecule has 1 aliphatic rings. The van der Waals surface area contributed by atoms with E-state index in [1.807, 2.05) is 67.3 Å². The molecular formula is C29H31N3O5. The van der Waals surface area contributed by atoms with Crippen molar-refractivity contribution in [3.8, 4) is 5.75 Å². The minimum Gasteiger partial charge on any atom is -0.483 e. The molecule has 1 fully saturated rings. The Hall–Kier alpha value is -4.33. The van der Waals surface area contributed by atoms with Crippen LogP contribution in [-0.2, 0) is 9.53 Å². The summed E-state index contributed by atoms with van der Waals surface area (Å²) in [5.41, 5.74) is 4.30. The topological polar surface area (TPSA) is 88.2 Å². The minimum absolute atomic E-state index is 0.00148. The van der Waals surface area contributed by atoms with E-state index in [0.29, 0.717) is 48.7 Å². The SMILES string of the molecule is COC(=O)c1ccc(N2CCN(C(=O)c3ccccc3)CC2)c(NC(=O)COc2cccc(C)c2C)c1. The van der Waals surface area contributed by atoms with E-state index in [-0.39, 0.29) is 18.4 Å². The first-order valence-corrected chi connectivity index (χ1v) is 12.2. The van der Waals surface area contributed by atoms with Gasteiger partial charge in [-0.15, -0.1) is 0 Å². The number of benzene rings is 3. The fourth-order valence-electron chi connectivity index (χ4n) is 4.28. The highest BCUT2D eigenvalue weighted by Gasteiger charge is 2.24. The minimum atomic E-state index is -0.494. The highest BCUT2D eigenvalue weighted by molar-refractivity contribution is 5.99. The van der Waals surface area contributed by atoms with Gasteiger partial charge in [0.1, 0.15) is 5.75 Å². The molecular weight excluding hydrogens is 470 g/mol. The largest absolute Gasteiger partial charge is 0.483 e. The number of piperazine rings is 1. The Bertz CT molecular complexity index is 1280. The van der Waals surface area contributed by atoms with Gasteiger partial charge in [-0.1, -0.05) is 30.3 Å². The average Bonchev–Trinajstić information content (AvgIpc) is 2.93. The third-order valence-electron chi connectivity index (χ3n) is 6.53. The summed E-state index contributed by atoms with van der Waals surface area (Å²) >= 11 is 0. The molecule has 8 heteroatoms. The molecule has 0 aromatic heterocycles. The van der Waals surface area contributed by atoms with Crippen molar-refractivity contribution < 1.29 is 23.9 Å². The van der Waals surface area contributed by atoms with E-state index >= 15 is 0 Å². The third-order valence-corrected chi connectivity index (χ3v) is 6.53. The Balaban J connectivity index is 1.47. The molecule has 0 saturated carbocycles. The van der Waals surface area contributed by atoms with E-state index in [2.05, 4.69) is 10.2 Å². The zero-order valence-electron chi connectivity index (χ0n) is 21.3. The summed E-state index contributed by atoms with van der Waals surface area (Å²) in [5.74, 6) is -0.190. The van der Waals surface area contributed by atoms with Gasteiger partial charge in [0.05, 0.1) is 24.0 Å². The number of methoxy groups -OCH3 is 1. The molecule has 0 atom stereocenters. The summed E-state index contributed by atoms with van der Waals surface area (Å²) in [6, 6.07) is 20.0. The van der Waals surface area contributed by atoms with Crippen molar-refractivity contribution in [2.24, 2.45) is 0 Å². The highest BCUT2D eigenvalue weighted by Crippen LogP contribution is 2.29. The fourth-order valence-corrected chi connectivity index (χ4v) is 4.28. The average molecular weight is 502 g/mol. The van der Waals surface area contributed by atoms with Gasteiger partial charge >= 0.3 is 5.97 Å². The first-order valence-electron chi connectivity index (χ1n) is 12.2. The lowest BCUT2D eigenvalue weighted by molar-refractivity contribution is -0.118. The van der Waals surface area contributed by atoms with Crippen LogP contribution in [0.25, 0.3) is 0 Å². The Morgan fingerprint density at radius 1 is 0.865 bits per heavy atom. The van der Waals surface area contributed by atoms with Crippen LogP contribution >= 0.6 is 0 Å². The van der Waals surface area contributed by atoms with Crippen LogP contribution < -0.4 is 15.0 Å². The van der Waals surface area contributed by atoms with Crippen LogP contribution in [0.4, 0.5) is 11.4 Å². The van der Waals surface area contributed by atoms with Crippen LogP contribution in [0, 0.1) is 13.8 Å². The normalized spacial score (nSPS) is 13.2. The number of hydrogen-bond donors (Lipinski definition) is 1. The molecule has 192 valence electrons. The lowest BCUT2D eigenvalue weighted by Gasteiger charge is -2.37. The van der Waals surface area contributed by atoms with Crippen molar-refractivity contribution >= 4 is 29.2 Å². The lowest BCUT2D eigenvalue weighted by atomic mass is 10.1. The predicted octanol–water partition coefficient (Wildman–Crippen LogP) is 4.07. The van der Waals surface area contributed by atoms with E-state index in [0.717, 1.165) is 16.8 Å². The van der Waals surface area contributed by atoms with Crippen molar-refractivity contribution in [2.45, 2.75) is 13.8 Å². The van der Waals surface area contributed by atoms with Crippen LogP contribution in [0.15, 0.2) is 66.7 Å². The van der Waals surface area contributed by atoms with Crippen LogP contribution in [0.5, 0.6) is 5.75 Å². The Kier molecular flexibility index (Phi) is 8.08. The standard InChI is InChI=1S/C29H31N3O5/c1-20-8-7-11-26(21(20)2)37-19-27(33)30-24-18-23(29(35)36-3)12-13-25(24)31-14-16-32(17-15-31)28(34)22-9-5-4-6-10-22/h4-13,18H,14-17,19H2,1-3H3,(H,30,33). The van der Waals surface area contributed by atoms with Crippen molar-refractivity contribution in [2.75, 3.05) is 50.1 Å². The monoisotopic (exact) mass is 501 g/mol. The summed E-state index contributed by atoms with van der Waals surface area (Å²) in [5, 5.41) is 2.90. The predicted molar refractivity (Wildman–Crippen MR) is 142 cm³/mol. The number of hydrogen-bond acceptors (Lipinski definition) is 6. The molecule has 1 heterocycles. The molecule has 0 radical (unpaired) electrons. The number of carbonyl (C=O) groups is 3. The van der Waals surface area contributed by atoms with E-state index in [1.165, 1.54) is 7.11 Å². The molecule has 4 rings (SSSR count). The number of aryl methyl sites for hydroxylation is 1. The number of rotatable bonds is 7. The zero-order valence-corrected chi connectivity index (χ0v) is 21.3. The van der Waals surface area contributed by atoms with Crippen LogP contribution in [0.3, 0.4) is 0 Å². The molecule has 0 bridgehead atoms. The summed E-state index contributed by atoms with van der Waals surface area (Å²) in [6.45, 7) is 6.00. The summed E-state index contributed by atoms with van der Waals surface area (Å²) in [4.78, 5) is 41.7. The van der Waals surface area contributed by atoms with Crippen LogP contribution in [-0.4, -0.2) is 62.6 Å². The Morgan fingerprint density at radius 2 is 1.59 bits per heavy atom. The summed E-state index contributed by atoms with van der Waals surface area (Å²) < 4.78 is 10.6. The van der Waals surface area contributed by atoms with Gasteiger partial charge in [0.25, 0.3) is 11.8 Å². The molecule has 1 saturated heterocycles. The molecule has 0 unspecified atom stereocenters. The number of nitrogens with one attached hydrogen (secondary N) is 1. The number of esters is 1. The lowest BCUT2D eigenvalue weighted by Crippen LogP contribution is -2.49. The van der Waals surface area contributed by atoms with Crippen molar-refractivity contribution in [3.05, 3.63) is 89.0 Å². The Morgan fingerprint density at radius 3 is 2.30 bits per heavy atom. The maximum absolute atomic E-state index is 12.8. The molecule has 1 N–H and O–H groups in total. The van der Waals surface area contributed by atoms with Gasteiger partial charge in [-0.3, -0.25) is 9.59 Å². The van der Waals surface area contributed by atoms with Gasteiger partial charge in [-0.2, -0.15) is 0 Å². The van der Waals surface area contributed by atoms with Crippen LogP contribution in [0.1, 0.15) is 31.8 Å². The van der Waals surface area contributed by atoms with Crippen LogP contribution in [0.2, 0.25) is 0 Å². The second-order valence-corrected chi connectivity index (χ2v) is 8.90. The number of ether oxygens (including phenoxy) is 2. The van der Waals surface area contributed by atoms with Gasteiger partial charge in [0.2, 0.25) is 0 Å². The fraction of sp³-hybridized carbons (Fsp3) is 0.276. The molecule has 8 nitrogen and oxygen atoms in total. The first-order chi connectivity index (χ1) is 17.9. The second-order valence-electron chi connectivity index (χ2n) is 8.90. The molecule has 3 aromatic rings. The van der Waals surface area contributed by atoms with E-state index < -0.39 is 5.97 Å². The number of carbonyl (C=O) groups excluding carboxylic acids is 3. The second kappa shape index (κ2) is 11.6. The van der Waals surface area contributed by atoms with Crippen molar-refractivity contribution in [1.29, 1.82) is 0 Å². The van der Waals surface area contributed by atoms with E-state index in [4.69, 9.17) is 9.47 Å². The van der Waals surface area contributed by atoms with Gasteiger partial charge in [0, 0.05) is 31.7 Å². The van der Waals surface area contributed by atoms with E-state index in [9.17, 15) is 14.4 Å². The molecule has 2 amide bonds. The molecule has 0 spiro atoms. The summed E-state index contributed by atoms with van der Waals surface area (Å²) in [6.07, 6.45) is 0. The van der Waals surface area contributed by atoms with Crippen molar-refractivity contribution in [1.82, 2.24) is 4.90 Å². The van der Waals surface area contributed by atoms with Gasteiger partial charge in [-0.25, -0.2) is 4.79 Å². The first kappa shape index (κ1) is 25.8. The van der Waals surface area contributed by atoms with E-state index in [1.54, 1.807) is 18.2 Å². The number of amides is 2. The number of nitrogens with zero attached hydrogens (tertiary/aromatic N) is 2.